The second-order valence-corrected chi connectivity index (χ2v) is 5.12. The molecule has 0 saturated heterocycles. The molecule has 3 nitrogen and oxygen atoms in total. The highest BCUT2D eigenvalue weighted by molar-refractivity contribution is 5.85. The van der Waals surface area contributed by atoms with E-state index < -0.39 is 5.97 Å². The Kier molecular flexibility index (Phi) is 10.1. The predicted molar refractivity (Wildman–Crippen MR) is 82.7 cm³/mol. The van der Waals surface area contributed by atoms with Crippen molar-refractivity contribution in [3.63, 3.8) is 0 Å². The molecule has 0 aliphatic rings. The van der Waals surface area contributed by atoms with Gasteiger partial charge in [-0.15, -0.1) is 12.4 Å². The highest BCUT2D eigenvalue weighted by Crippen LogP contribution is 2.19. The minimum absolute atomic E-state index is 0. The highest BCUT2D eigenvalue weighted by atomic mass is 35.5. The molecule has 0 saturated carbocycles. The van der Waals surface area contributed by atoms with Crippen LogP contribution in [-0.4, -0.2) is 17.6 Å². The fraction of sp³-hybridized carbons (Fsp3) is 0.400. The van der Waals surface area contributed by atoms with Crippen molar-refractivity contribution >= 4 is 18.4 Å². The number of carbonyl (C=O) groups is 1. The Morgan fingerprint density at radius 2 is 1.74 bits per heavy atom. The van der Waals surface area contributed by atoms with Crippen molar-refractivity contribution in [3.8, 4) is 0 Å². The van der Waals surface area contributed by atoms with Crippen LogP contribution in [0.4, 0.5) is 0 Å². The molecule has 0 amide bonds. The summed E-state index contributed by atoms with van der Waals surface area (Å²) < 4.78 is 0. The van der Waals surface area contributed by atoms with E-state index in [1.54, 1.807) is 0 Å². The van der Waals surface area contributed by atoms with Crippen molar-refractivity contribution < 1.29 is 9.90 Å². The summed E-state index contributed by atoms with van der Waals surface area (Å²) in [5.41, 5.74) is 7.42. The van der Waals surface area contributed by atoms with Crippen LogP contribution in [0.15, 0.2) is 42.5 Å². The van der Waals surface area contributed by atoms with Gasteiger partial charge < -0.3 is 10.8 Å². The van der Waals surface area contributed by atoms with Gasteiger partial charge in [-0.05, 0) is 30.9 Å². The summed E-state index contributed by atoms with van der Waals surface area (Å²) in [5, 5.41) is 7.89. The molecule has 0 fully saturated rings. The summed E-state index contributed by atoms with van der Waals surface area (Å²) in [6.07, 6.45) is 1.06. The van der Waals surface area contributed by atoms with E-state index in [2.05, 4.69) is 44.7 Å². The summed E-state index contributed by atoms with van der Waals surface area (Å²) >= 11 is 0. The summed E-state index contributed by atoms with van der Waals surface area (Å²) in [7, 11) is 0. The molecule has 3 N–H and O–H groups in total. The number of carboxylic acids is 1. The zero-order valence-electron chi connectivity index (χ0n) is 11.8. The quantitative estimate of drug-likeness (QED) is 0.835. The number of rotatable bonds is 4. The van der Waals surface area contributed by atoms with Gasteiger partial charge in [-0.25, -0.2) is 4.79 Å². The molecular weight excluding hydrogens is 262 g/mol. The highest BCUT2D eigenvalue weighted by Gasteiger charge is 2.15. The lowest BCUT2D eigenvalue weighted by molar-refractivity contribution is -0.132. The normalized spacial score (nSPS) is 9.68. The number of halogens is 1. The maximum absolute atomic E-state index is 9.60. The fourth-order valence-electron chi connectivity index (χ4n) is 1.22. The lowest BCUT2D eigenvalue weighted by Crippen LogP contribution is -2.25. The zero-order valence-corrected chi connectivity index (χ0v) is 12.7. The molecule has 1 rings (SSSR count). The van der Waals surface area contributed by atoms with Gasteiger partial charge in [0.15, 0.2) is 0 Å². The van der Waals surface area contributed by atoms with Gasteiger partial charge in [-0.2, -0.15) is 0 Å². The number of benzene rings is 1. The standard InChI is InChI=1S/C11H17N.C4H6O2.ClH/c1-11(2,9-12)8-10-6-4-3-5-7-10;1-3(2)4(5)6;/h3-7H,8-9,12H2,1-2H3;1H2,2H3,(H,5,6);1H. The molecule has 0 aliphatic heterocycles. The summed E-state index contributed by atoms with van der Waals surface area (Å²) in [4.78, 5) is 9.60. The molecule has 0 spiro atoms. The lowest BCUT2D eigenvalue weighted by atomic mass is 9.86. The molecular formula is C15H24ClNO2. The molecule has 0 bridgehead atoms. The number of nitrogens with two attached hydrogens (primary N) is 1. The first-order valence-corrected chi connectivity index (χ1v) is 5.91. The maximum atomic E-state index is 9.60. The number of hydrogen-bond donors (Lipinski definition) is 2. The van der Waals surface area contributed by atoms with Gasteiger partial charge in [-0.1, -0.05) is 50.8 Å². The molecule has 0 unspecified atom stereocenters. The second-order valence-electron chi connectivity index (χ2n) is 5.12. The van der Waals surface area contributed by atoms with Gasteiger partial charge in [0, 0.05) is 5.57 Å². The van der Waals surface area contributed by atoms with Gasteiger partial charge in [0.1, 0.15) is 0 Å². The van der Waals surface area contributed by atoms with Crippen LogP contribution in [0.1, 0.15) is 26.3 Å². The van der Waals surface area contributed by atoms with E-state index >= 15 is 0 Å². The third-order valence-corrected chi connectivity index (χ3v) is 2.44. The van der Waals surface area contributed by atoms with Gasteiger partial charge in [0.2, 0.25) is 0 Å². The van der Waals surface area contributed by atoms with Crippen LogP contribution in [0, 0.1) is 5.41 Å². The molecule has 108 valence electrons. The fourth-order valence-corrected chi connectivity index (χ4v) is 1.22. The first-order valence-electron chi connectivity index (χ1n) is 5.91. The van der Waals surface area contributed by atoms with E-state index in [9.17, 15) is 4.79 Å². The molecule has 19 heavy (non-hydrogen) atoms. The maximum Gasteiger partial charge on any atom is 0.330 e. The zero-order chi connectivity index (χ0) is 14.2. The molecule has 0 radical (unpaired) electrons. The van der Waals surface area contributed by atoms with Crippen LogP contribution in [-0.2, 0) is 11.2 Å². The van der Waals surface area contributed by atoms with Gasteiger partial charge in [-0.3, -0.25) is 0 Å². The van der Waals surface area contributed by atoms with Crippen LogP contribution < -0.4 is 5.73 Å². The second kappa shape index (κ2) is 9.59. The van der Waals surface area contributed by atoms with Crippen molar-refractivity contribution in [2.24, 2.45) is 11.1 Å². The van der Waals surface area contributed by atoms with Crippen molar-refractivity contribution in [1.82, 2.24) is 0 Å². The summed E-state index contributed by atoms with van der Waals surface area (Å²) in [6.45, 7) is 9.73. The molecule has 0 heterocycles. The van der Waals surface area contributed by atoms with E-state index in [1.165, 1.54) is 12.5 Å². The van der Waals surface area contributed by atoms with E-state index in [0.29, 0.717) is 0 Å². The Morgan fingerprint density at radius 3 is 2.05 bits per heavy atom. The summed E-state index contributed by atoms with van der Waals surface area (Å²) in [5.74, 6) is -0.935. The third-order valence-electron chi connectivity index (χ3n) is 2.44. The van der Waals surface area contributed by atoms with Crippen molar-refractivity contribution in [2.75, 3.05) is 6.54 Å². The van der Waals surface area contributed by atoms with E-state index in [1.807, 2.05) is 6.07 Å². The van der Waals surface area contributed by atoms with E-state index in [4.69, 9.17) is 10.8 Å². The Morgan fingerprint density at radius 1 is 1.32 bits per heavy atom. The molecule has 0 aromatic heterocycles. The average Bonchev–Trinajstić information content (AvgIpc) is 2.30. The van der Waals surface area contributed by atoms with Crippen molar-refractivity contribution in [2.45, 2.75) is 27.2 Å². The van der Waals surface area contributed by atoms with E-state index in [-0.39, 0.29) is 23.4 Å². The Balaban J connectivity index is 0. The van der Waals surface area contributed by atoms with Crippen LogP contribution in [0.25, 0.3) is 0 Å². The van der Waals surface area contributed by atoms with Crippen LogP contribution >= 0.6 is 12.4 Å². The monoisotopic (exact) mass is 285 g/mol. The average molecular weight is 286 g/mol. The molecule has 0 aliphatic carbocycles. The van der Waals surface area contributed by atoms with Gasteiger partial charge in [0.05, 0.1) is 0 Å². The SMILES string of the molecule is C=C(C)C(=O)O.CC(C)(CN)Cc1ccccc1.Cl. The number of aliphatic carboxylic acids is 1. The number of carboxylic acid groups (broad SMARTS) is 1. The summed E-state index contributed by atoms with van der Waals surface area (Å²) in [6, 6.07) is 10.5. The molecule has 4 heteroatoms. The molecule has 1 aromatic carbocycles. The van der Waals surface area contributed by atoms with Crippen molar-refractivity contribution in [1.29, 1.82) is 0 Å². The third kappa shape index (κ3) is 10.3. The minimum atomic E-state index is -0.935. The van der Waals surface area contributed by atoms with Crippen LogP contribution in [0.2, 0.25) is 0 Å². The Bertz CT molecular complexity index is 376. The smallest absolute Gasteiger partial charge is 0.330 e. The van der Waals surface area contributed by atoms with Gasteiger partial charge in [0.25, 0.3) is 0 Å². The predicted octanol–water partition coefficient (Wildman–Crippen LogP) is 3.28. The Hall–Kier alpha value is -1.32. The molecule has 1 aromatic rings. The lowest BCUT2D eigenvalue weighted by Gasteiger charge is -2.21. The van der Waals surface area contributed by atoms with E-state index in [0.717, 1.165) is 13.0 Å². The minimum Gasteiger partial charge on any atom is -0.478 e. The van der Waals surface area contributed by atoms with Crippen LogP contribution in [0.3, 0.4) is 0 Å². The topological polar surface area (TPSA) is 63.3 Å². The first-order chi connectivity index (χ1) is 8.28. The van der Waals surface area contributed by atoms with Gasteiger partial charge >= 0.3 is 5.97 Å². The number of hydrogen-bond acceptors (Lipinski definition) is 2. The molecule has 0 atom stereocenters. The Labute approximate surface area is 121 Å². The van der Waals surface area contributed by atoms with Crippen LogP contribution in [0.5, 0.6) is 0 Å². The largest absolute Gasteiger partial charge is 0.478 e. The first kappa shape index (κ1) is 20.0. The van der Waals surface area contributed by atoms with Crippen molar-refractivity contribution in [3.05, 3.63) is 48.0 Å².